The summed E-state index contributed by atoms with van der Waals surface area (Å²) >= 11 is 6.14. The Bertz CT molecular complexity index is 396. The minimum atomic E-state index is -0.0770. The SMILES string of the molecule is CCOC1(C(NC)c2cccc(Cl)c2)CCCCC1. The second-order valence-electron chi connectivity index (χ2n) is 5.34. The van der Waals surface area contributed by atoms with Crippen molar-refractivity contribution in [1.29, 1.82) is 0 Å². The van der Waals surface area contributed by atoms with E-state index in [1.165, 1.54) is 24.8 Å². The third-order valence-electron chi connectivity index (χ3n) is 4.13. The van der Waals surface area contributed by atoms with Gasteiger partial charge < -0.3 is 10.1 Å². The first-order valence-electron chi connectivity index (χ1n) is 7.28. The third kappa shape index (κ3) is 3.31. The van der Waals surface area contributed by atoms with E-state index in [1.54, 1.807) is 0 Å². The lowest BCUT2D eigenvalue weighted by atomic mass is 9.76. The number of halogens is 1. The first-order valence-corrected chi connectivity index (χ1v) is 7.66. The second-order valence-corrected chi connectivity index (χ2v) is 5.77. The van der Waals surface area contributed by atoms with Gasteiger partial charge >= 0.3 is 0 Å². The van der Waals surface area contributed by atoms with Gasteiger partial charge in [-0.1, -0.05) is 43.0 Å². The molecule has 0 aliphatic heterocycles. The van der Waals surface area contributed by atoms with Gasteiger partial charge in [0.1, 0.15) is 0 Å². The highest BCUT2D eigenvalue weighted by atomic mass is 35.5. The summed E-state index contributed by atoms with van der Waals surface area (Å²) in [6, 6.07) is 8.35. The quantitative estimate of drug-likeness (QED) is 0.867. The van der Waals surface area contributed by atoms with Crippen molar-refractivity contribution < 1.29 is 4.74 Å². The average Bonchev–Trinajstić information content (AvgIpc) is 2.41. The summed E-state index contributed by atoms with van der Waals surface area (Å²) in [7, 11) is 2.01. The predicted molar refractivity (Wildman–Crippen MR) is 80.7 cm³/mol. The Balaban J connectivity index is 2.31. The molecule has 1 fully saturated rings. The first-order chi connectivity index (χ1) is 9.22. The van der Waals surface area contributed by atoms with Crippen LogP contribution in [0.25, 0.3) is 0 Å². The van der Waals surface area contributed by atoms with Crippen molar-refractivity contribution in [3.05, 3.63) is 34.9 Å². The van der Waals surface area contributed by atoms with E-state index in [2.05, 4.69) is 24.4 Å². The Hall–Kier alpha value is -0.570. The van der Waals surface area contributed by atoms with Crippen molar-refractivity contribution in [2.45, 2.75) is 50.7 Å². The number of hydrogen-bond donors (Lipinski definition) is 1. The van der Waals surface area contributed by atoms with E-state index in [1.807, 2.05) is 19.2 Å². The van der Waals surface area contributed by atoms with Crippen LogP contribution in [0.2, 0.25) is 5.02 Å². The summed E-state index contributed by atoms with van der Waals surface area (Å²) in [6.45, 7) is 2.85. The molecular formula is C16H24ClNO. The van der Waals surface area contributed by atoms with E-state index in [4.69, 9.17) is 16.3 Å². The molecule has 0 amide bonds. The number of hydrogen-bond acceptors (Lipinski definition) is 2. The van der Waals surface area contributed by atoms with Gasteiger partial charge in [-0.25, -0.2) is 0 Å². The summed E-state index contributed by atoms with van der Waals surface area (Å²) in [5.41, 5.74) is 1.15. The number of rotatable bonds is 5. The van der Waals surface area contributed by atoms with Crippen LogP contribution < -0.4 is 5.32 Å². The Morgan fingerprint density at radius 1 is 1.32 bits per heavy atom. The lowest BCUT2D eigenvalue weighted by Gasteiger charge is -2.43. The van der Waals surface area contributed by atoms with Gasteiger partial charge in [-0.05, 0) is 44.5 Å². The normalized spacial score (nSPS) is 20.2. The average molecular weight is 282 g/mol. The van der Waals surface area contributed by atoms with E-state index >= 15 is 0 Å². The lowest BCUT2D eigenvalue weighted by Crippen LogP contribution is -2.46. The van der Waals surface area contributed by atoms with Gasteiger partial charge in [0.15, 0.2) is 0 Å². The number of benzene rings is 1. The number of nitrogens with one attached hydrogen (secondary N) is 1. The van der Waals surface area contributed by atoms with Crippen LogP contribution in [-0.2, 0) is 4.74 Å². The largest absolute Gasteiger partial charge is 0.373 e. The van der Waals surface area contributed by atoms with Gasteiger partial charge in [0.25, 0.3) is 0 Å². The van der Waals surface area contributed by atoms with Crippen molar-refractivity contribution >= 4 is 11.6 Å². The van der Waals surface area contributed by atoms with Crippen LogP contribution in [0.4, 0.5) is 0 Å². The molecule has 2 nitrogen and oxygen atoms in total. The first kappa shape index (κ1) is 14.8. The molecule has 1 aliphatic rings. The molecule has 1 aromatic carbocycles. The van der Waals surface area contributed by atoms with Crippen LogP contribution >= 0.6 is 11.6 Å². The molecule has 0 spiro atoms. The van der Waals surface area contributed by atoms with Gasteiger partial charge in [-0.3, -0.25) is 0 Å². The molecule has 2 rings (SSSR count). The number of ether oxygens (including phenoxy) is 1. The van der Waals surface area contributed by atoms with E-state index in [0.717, 1.165) is 24.5 Å². The van der Waals surface area contributed by atoms with Crippen LogP contribution in [0, 0.1) is 0 Å². The molecule has 0 heterocycles. The van der Waals surface area contributed by atoms with E-state index in [-0.39, 0.29) is 11.6 Å². The Morgan fingerprint density at radius 2 is 2.05 bits per heavy atom. The monoisotopic (exact) mass is 281 g/mol. The van der Waals surface area contributed by atoms with Crippen LogP contribution in [0.1, 0.15) is 50.6 Å². The standard InChI is InChI=1S/C16H24ClNO/c1-3-19-16(10-5-4-6-11-16)15(18-2)13-8-7-9-14(17)12-13/h7-9,12,15,18H,3-6,10-11H2,1-2H3. The minimum absolute atomic E-state index is 0.0770. The topological polar surface area (TPSA) is 21.3 Å². The fourth-order valence-corrected chi connectivity index (χ4v) is 3.57. The highest BCUT2D eigenvalue weighted by Gasteiger charge is 2.40. The molecule has 19 heavy (non-hydrogen) atoms. The van der Waals surface area contributed by atoms with E-state index in [9.17, 15) is 0 Å². The van der Waals surface area contributed by atoms with Crippen molar-refractivity contribution in [1.82, 2.24) is 5.32 Å². The molecule has 1 aliphatic carbocycles. The van der Waals surface area contributed by atoms with Gasteiger partial charge in [-0.15, -0.1) is 0 Å². The maximum Gasteiger partial charge on any atom is 0.0876 e. The summed E-state index contributed by atoms with van der Waals surface area (Å²) in [4.78, 5) is 0. The molecule has 1 unspecified atom stereocenters. The van der Waals surface area contributed by atoms with Gasteiger partial charge in [0.2, 0.25) is 0 Å². The Labute approximate surface area is 121 Å². The smallest absolute Gasteiger partial charge is 0.0876 e. The van der Waals surface area contributed by atoms with Crippen molar-refractivity contribution in [2.75, 3.05) is 13.7 Å². The maximum absolute atomic E-state index is 6.21. The minimum Gasteiger partial charge on any atom is -0.373 e. The van der Waals surface area contributed by atoms with Crippen LogP contribution in [0.5, 0.6) is 0 Å². The Kier molecular flexibility index (Phi) is 5.26. The van der Waals surface area contributed by atoms with Crippen molar-refractivity contribution in [2.24, 2.45) is 0 Å². The Morgan fingerprint density at radius 3 is 2.63 bits per heavy atom. The summed E-state index contributed by atoms with van der Waals surface area (Å²) in [5, 5.41) is 4.25. The molecule has 0 radical (unpaired) electrons. The zero-order valence-corrected chi connectivity index (χ0v) is 12.7. The molecule has 3 heteroatoms. The molecule has 0 saturated heterocycles. The van der Waals surface area contributed by atoms with E-state index in [0.29, 0.717) is 0 Å². The van der Waals surface area contributed by atoms with E-state index < -0.39 is 0 Å². The third-order valence-corrected chi connectivity index (χ3v) is 4.36. The molecule has 1 N–H and O–H groups in total. The highest BCUT2D eigenvalue weighted by molar-refractivity contribution is 6.30. The molecule has 0 bridgehead atoms. The predicted octanol–water partition coefficient (Wildman–Crippen LogP) is 4.34. The summed E-state index contributed by atoms with van der Waals surface area (Å²) in [6.07, 6.45) is 6.07. The van der Waals surface area contributed by atoms with Crippen LogP contribution in [0.3, 0.4) is 0 Å². The van der Waals surface area contributed by atoms with Crippen LogP contribution in [-0.4, -0.2) is 19.3 Å². The van der Waals surface area contributed by atoms with Gasteiger partial charge in [0.05, 0.1) is 11.6 Å². The summed E-state index contributed by atoms with van der Waals surface area (Å²) in [5.74, 6) is 0. The zero-order valence-electron chi connectivity index (χ0n) is 11.9. The van der Waals surface area contributed by atoms with Crippen molar-refractivity contribution in [3.8, 4) is 0 Å². The highest BCUT2D eigenvalue weighted by Crippen LogP contribution is 2.41. The molecule has 106 valence electrons. The molecule has 0 aromatic heterocycles. The zero-order chi connectivity index (χ0) is 13.7. The molecular weight excluding hydrogens is 258 g/mol. The maximum atomic E-state index is 6.21. The molecule has 1 saturated carbocycles. The van der Waals surface area contributed by atoms with Gasteiger partial charge in [-0.2, -0.15) is 0 Å². The van der Waals surface area contributed by atoms with Crippen LogP contribution in [0.15, 0.2) is 24.3 Å². The lowest BCUT2D eigenvalue weighted by molar-refractivity contribution is -0.0898. The fourth-order valence-electron chi connectivity index (χ4n) is 3.37. The second kappa shape index (κ2) is 6.74. The summed E-state index contributed by atoms with van der Waals surface area (Å²) < 4.78 is 6.21. The number of likely N-dealkylation sites (N-methyl/N-ethyl adjacent to an activating group) is 1. The molecule has 1 aromatic rings. The van der Waals surface area contributed by atoms with Gasteiger partial charge in [0, 0.05) is 11.6 Å². The van der Waals surface area contributed by atoms with Crippen molar-refractivity contribution in [3.63, 3.8) is 0 Å². The molecule has 1 atom stereocenters. The fraction of sp³-hybridized carbons (Fsp3) is 0.625.